The number of hydrogen-bond acceptors (Lipinski definition) is 3. The van der Waals surface area contributed by atoms with Crippen LogP contribution in [0.25, 0.3) is 0 Å². The number of ketones is 1. The minimum absolute atomic E-state index is 0.128. The fourth-order valence-electron chi connectivity index (χ4n) is 0.696. The highest BCUT2D eigenvalue weighted by Gasteiger charge is 2.11. The van der Waals surface area contributed by atoms with Crippen molar-refractivity contribution in [1.82, 2.24) is 0 Å². The first-order valence-electron chi connectivity index (χ1n) is 3.54. The predicted molar refractivity (Wildman–Crippen MR) is 37.6 cm³/mol. The maximum Gasteiger partial charge on any atom is 0.161 e. The first-order valence-corrected chi connectivity index (χ1v) is 3.54. The van der Waals surface area contributed by atoms with Crippen molar-refractivity contribution in [2.24, 2.45) is 0 Å². The summed E-state index contributed by atoms with van der Waals surface area (Å²) in [4.78, 5) is 10.8. The van der Waals surface area contributed by atoms with E-state index in [4.69, 9.17) is 10.2 Å². The first kappa shape index (κ1) is 9.59. The van der Waals surface area contributed by atoms with E-state index in [1.54, 1.807) is 0 Å². The third-order valence-corrected chi connectivity index (χ3v) is 1.27. The average Bonchev–Trinajstić information content (AvgIpc) is 1.89. The number of carbonyl (C=O) groups excluding carboxylic acids is 1. The molecule has 0 aliphatic rings. The van der Waals surface area contributed by atoms with Crippen molar-refractivity contribution < 1.29 is 15.0 Å². The van der Waals surface area contributed by atoms with Gasteiger partial charge in [-0.1, -0.05) is 6.92 Å². The summed E-state index contributed by atoms with van der Waals surface area (Å²) in [6, 6.07) is 0. The quantitative estimate of drug-likeness (QED) is 0.578. The Balaban J connectivity index is 3.49. The van der Waals surface area contributed by atoms with Crippen LogP contribution < -0.4 is 0 Å². The third-order valence-electron chi connectivity index (χ3n) is 1.27. The zero-order valence-corrected chi connectivity index (χ0v) is 6.21. The van der Waals surface area contributed by atoms with E-state index in [9.17, 15) is 4.79 Å². The Hall–Kier alpha value is -0.410. The standard InChI is InChI=1S/C7H14O3/c1-2-3-6(9)7(10)4-5-8/h7-8,10H,2-5H2,1H3. The summed E-state index contributed by atoms with van der Waals surface area (Å²) >= 11 is 0. The van der Waals surface area contributed by atoms with Crippen LogP contribution in [0.2, 0.25) is 0 Å². The number of carbonyl (C=O) groups is 1. The van der Waals surface area contributed by atoms with E-state index < -0.39 is 6.10 Å². The van der Waals surface area contributed by atoms with Crippen LogP contribution in [-0.4, -0.2) is 28.7 Å². The molecule has 3 nitrogen and oxygen atoms in total. The fraction of sp³-hybridized carbons (Fsp3) is 0.857. The number of rotatable bonds is 5. The lowest BCUT2D eigenvalue weighted by Crippen LogP contribution is -2.20. The van der Waals surface area contributed by atoms with Crippen molar-refractivity contribution >= 4 is 5.78 Å². The Morgan fingerprint density at radius 2 is 2.20 bits per heavy atom. The highest BCUT2D eigenvalue weighted by atomic mass is 16.3. The predicted octanol–water partition coefficient (Wildman–Crippen LogP) is 0.0989. The molecule has 0 aromatic rings. The van der Waals surface area contributed by atoms with Gasteiger partial charge in [0.05, 0.1) is 0 Å². The molecule has 0 spiro atoms. The van der Waals surface area contributed by atoms with E-state index in [1.165, 1.54) is 0 Å². The minimum atomic E-state index is -0.954. The molecule has 1 unspecified atom stereocenters. The number of aliphatic hydroxyl groups is 2. The molecule has 0 aromatic heterocycles. The Morgan fingerprint density at radius 1 is 1.60 bits per heavy atom. The lowest BCUT2D eigenvalue weighted by atomic mass is 10.1. The topological polar surface area (TPSA) is 57.5 Å². The zero-order valence-electron chi connectivity index (χ0n) is 6.21. The molecule has 10 heavy (non-hydrogen) atoms. The second-order valence-electron chi connectivity index (χ2n) is 2.24. The molecular weight excluding hydrogens is 132 g/mol. The van der Waals surface area contributed by atoms with Crippen LogP contribution in [0.4, 0.5) is 0 Å². The average molecular weight is 146 g/mol. The number of aliphatic hydroxyl groups excluding tert-OH is 2. The molecular formula is C7H14O3. The highest BCUT2D eigenvalue weighted by molar-refractivity contribution is 5.82. The van der Waals surface area contributed by atoms with Gasteiger partial charge < -0.3 is 10.2 Å². The van der Waals surface area contributed by atoms with Gasteiger partial charge in [0.2, 0.25) is 0 Å². The van der Waals surface area contributed by atoms with Crippen molar-refractivity contribution in [1.29, 1.82) is 0 Å². The summed E-state index contributed by atoms with van der Waals surface area (Å²) in [5, 5.41) is 17.3. The van der Waals surface area contributed by atoms with Crippen LogP contribution in [0.15, 0.2) is 0 Å². The minimum Gasteiger partial charge on any atom is -0.396 e. The molecule has 0 amide bonds. The maximum absolute atomic E-state index is 10.8. The van der Waals surface area contributed by atoms with Gasteiger partial charge in [-0.3, -0.25) is 4.79 Å². The molecule has 1 atom stereocenters. The SMILES string of the molecule is CCCC(=O)C(O)CCO. The molecule has 0 fully saturated rings. The maximum atomic E-state index is 10.8. The molecule has 0 saturated carbocycles. The van der Waals surface area contributed by atoms with Crippen molar-refractivity contribution in [3.8, 4) is 0 Å². The van der Waals surface area contributed by atoms with Crippen LogP contribution in [0.3, 0.4) is 0 Å². The lowest BCUT2D eigenvalue weighted by molar-refractivity contribution is -0.127. The largest absolute Gasteiger partial charge is 0.396 e. The van der Waals surface area contributed by atoms with Gasteiger partial charge in [-0.05, 0) is 6.42 Å². The van der Waals surface area contributed by atoms with E-state index in [0.717, 1.165) is 6.42 Å². The third kappa shape index (κ3) is 3.58. The molecule has 60 valence electrons. The summed E-state index contributed by atoms with van der Waals surface area (Å²) in [5.41, 5.74) is 0. The van der Waals surface area contributed by atoms with Crippen LogP contribution in [0.5, 0.6) is 0 Å². The Labute approximate surface area is 60.7 Å². The molecule has 3 heteroatoms. The molecule has 0 rings (SSSR count). The van der Waals surface area contributed by atoms with Gasteiger partial charge in [0.1, 0.15) is 6.10 Å². The van der Waals surface area contributed by atoms with Crippen LogP contribution >= 0.6 is 0 Å². The summed E-state index contributed by atoms with van der Waals surface area (Å²) in [6.45, 7) is 1.75. The van der Waals surface area contributed by atoms with Crippen molar-refractivity contribution in [2.75, 3.05) is 6.61 Å². The van der Waals surface area contributed by atoms with Crippen molar-refractivity contribution in [2.45, 2.75) is 32.3 Å². The van der Waals surface area contributed by atoms with Crippen molar-refractivity contribution in [3.05, 3.63) is 0 Å². The van der Waals surface area contributed by atoms with Gasteiger partial charge in [0.15, 0.2) is 5.78 Å². The van der Waals surface area contributed by atoms with Crippen molar-refractivity contribution in [3.63, 3.8) is 0 Å². The Morgan fingerprint density at radius 3 is 2.60 bits per heavy atom. The van der Waals surface area contributed by atoms with Crippen LogP contribution in [0, 0.1) is 0 Å². The van der Waals surface area contributed by atoms with Gasteiger partial charge in [-0.2, -0.15) is 0 Å². The van der Waals surface area contributed by atoms with E-state index in [1.807, 2.05) is 6.92 Å². The van der Waals surface area contributed by atoms with E-state index in [-0.39, 0.29) is 18.8 Å². The summed E-state index contributed by atoms with van der Waals surface area (Å²) in [7, 11) is 0. The summed E-state index contributed by atoms with van der Waals surface area (Å²) in [6.07, 6.45) is 0.367. The van der Waals surface area contributed by atoms with Gasteiger partial charge >= 0.3 is 0 Å². The monoisotopic (exact) mass is 146 g/mol. The second-order valence-corrected chi connectivity index (χ2v) is 2.24. The molecule has 0 bridgehead atoms. The molecule has 0 aromatic carbocycles. The molecule has 0 aliphatic carbocycles. The highest BCUT2D eigenvalue weighted by Crippen LogP contribution is 1.98. The van der Waals surface area contributed by atoms with E-state index in [2.05, 4.69) is 0 Å². The smallest absolute Gasteiger partial charge is 0.161 e. The second kappa shape index (κ2) is 5.38. The Kier molecular flexibility index (Phi) is 5.16. The van der Waals surface area contributed by atoms with Gasteiger partial charge in [-0.25, -0.2) is 0 Å². The molecule has 0 heterocycles. The van der Waals surface area contributed by atoms with E-state index >= 15 is 0 Å². The summed E-state index contributed by atoms with van der Waals surface area (Å²) in [5.74, 6) is -0.170. The Bertz CT molecular complexity index is 101. The molecule has 2 N–H and O–H groups in total. The van der Waals surface area contributed by atoms with Gasteiger partial charge in [0, 0.05) is 19.4 Å². The molecule has 0 aliphatic heterocycles. The molecule has 0 radical (unpaired) electrons. The first-order chi connectivity index (χ1) is 4.72. The van der Waals surface area contributed by atoms with E-state index in [0.29, 0.717) is 6.42 Å². The van der Waals surface area contributed by atoms with Crippen LogP contribution in [0.1, 0.15) is 26.2 Å². The van der Waals surface area contributed by atoms with Crippen LogP contribution in [-0.2, 0) is 4.79 Å². The number of Topliss-reactive ketones (excluding diaryl/α,β-unsaturated/α-hetero) is 1. The lowest BCUT2D eigenvalue weighted by Gasteiger charge is -2.05. The molecule has 0 saturated heterocycles. The van der Waals surface area contributed by atoms with Gasteiger partial charge in [0.25, 0.3) is 0 Å². The number of hydrogen-bond donors (Lipinski definition) is 2. The fourth-order valence-corrected chi connectivity index (χ4v) is 0.696. The summed E-state index contributed by atoms with van der Waals surface area (Å²) < 4.78 is 0. The van der Waals surface area contributed by atoms with Gasteiger partial charge in [-0.15, -0.1) is 0 Å². The normalized spacial score (nSPS) is 13.1. The zero-order chi connectivity index (χ0) is 7.98.